The maximum atomic E-state index is 11.5. The van der Waals surface area contributed by atoms with Gasteiger partial charge in [0.05, 0.1) is 12.3 Å². The summed E-state index contributed by atoms with van der Waals surface area (Å²) in [6.07, 6.45) is 0.848. The summed E-state index contributed by atoms with van der Waals surface area (Å²) >= 11 is 0. The highest BCUT2D eigenvalue weighted by atomic mass is 16.5. The van der Waals surface area contributed by atoms with E-state index >= 15 is 0 Å². The largest absolute Gasteiger partial charge is 0.461 e. The normalized spacial score (nSPS) is 10.5. The molecule has 1 aromatic rings. The summed E-state index contributed by atoms with van der Waals surface area (Å²) in [6.45, 7) is 7.97. The first-order chi connectivity index (χ1) is 8.20. The Bertz CT molecular complexity index is 363. The lowest BCUT2D eigenvalue weighted by atomic mass is 10.3. The van der Waals surface area contributed by atoms with Crippen LogP contribution in [0.1, 0.15) is 36.5 Å². The quantitative estimate of drug-likeness (QED) is 0.530. The number of esters is 1. The first kappa shape index (κ1) is 13.6. The molecule has 6 heteroatoms. The van der Waals surface area contributed by atoms with Crippen molar-refractivity contribution in [1.29, 1.82) is 0 Å². The fourth-order valence-electron chi connectivity index (χ4n) is 1.42. The third-order valence-corrected chi connectivity index (χ3v) is 2.31. The topological polar surface area (TPSA) is 66.2 Å². The van der Waals surface area contributed by atoms with E-state index in [0.29, 0.717) is 32.1 Å². The van der Waals surface area contributed by atoms with Gasteiger partial charge in [-0.2, -0.15) is 0 Å². The molecule has 1 aromatic heterocycles. The molecule has 0 aliphatic rings. The average Bonchev–Trinajstić information content (AvgIpc) is 2.67. The van der Waals surface area contributed by atoms with E-state index in [4.69, 9.17) is 9.47 Å². The van der Waals surface area contributed by atoms with Gasteiger partial charge in [0.25, 0.3) is 0 Å². The molecule has 1 rings (SSSR count). The molecule has 0 atom stereocenters. The number of aromatic nitrogens is 3. The first-order valence-corrected chi connectivity index (χ1v) is 5.85. The molecule has 0 amide bonds. The van der Waals surface area contributed by atoms with Crippen LogP contribution >= 0.6 is 0 Å². The van der Waals surface area contributed by atoms with Crippen LogP contribution in [0.15, 0.2) is 0 Å². The molecule has 0 bridgehead atoms. The first-order valence-electron chi connectivity index (χ1n) is 5.85. The van der Waals surface area contributed by atoms with Crippen LogP contribution in [-0.2, 0) is 16.0 Å². The van der Waals surface area contributed by atoms with Gasteiger partial charge in [-0.05, 0) is 27.2 Å². The number of ether oxygens (including phenoxy) is 2. The van der Waals surface area contributed by atoms with Crippen LogP contribution in [0.3, 0.4) is 0 Å². The minimum atomic E-state index is -0.416. The minimum absolute atomic E-state index is 0.295. The third-order valence-electron chi connectivity index (χ3n) is 2.31. The van der Waals surface area contributed by atoms with Crippen LogP contribution in [0.5, 0.6) is 0 Å². The van der Waals surface area contributed by atoms with Crippen molar-refractivity contribution in [2.24, 2.45) is 0 Å². The highest BCUT2D eigenvalue weighted by Gasteiger charge is 2.16. The predicted octanol–water partition coefficient (Wildman–Crippen LogP) is 1.19. The maximum absolute atomic E-state index is 11.5. The number of hydrogen-bond donors (Lipinski definition) is 0. The van der Waals surface area contributed by atoms with Gasteiger partial charge in [-0.25, -0.2) is 9.48 Å². The summed E-state index contributed by atoms with van der Waals surface area (Å²) in [7, 11) is 0. The van der Waals surface area contributed by atoms with Crippen molar-refractivity contribution in [2.75, 3.05) is 19.8 Å². The summed E-state index contributed by atoms with van der Waals surface area (Å²) < 4.78 is 11.8. The summed E-state index contributed by atoms with van der Waals surface area (Å²) in [5.41, 5.74) is 1.03. The van der Waals surface area contributed by atoms with Crippen LogP contribution in [0, 0.1) is 6.92 Å². The van der Waals surface area contributed by atoms with E-state index in [9.17, 15) is 4.79 Å². The van der Waals surface area contributed by atoms with E-state index in [2.05, 4.69) is 10.3 Å². The highest BCUT2D eigenvalue weighted by molar-refractivity contribution is 5.88. The van der Waals surface area contributed by atoms with Gasteiger partial charge in [-0.15, -0.1) is 5.10 Å². The van der Waals surface area contributed by atoms with E-state index < -0.39 is 5.97 Å². The molecule has 0 saturated heterocycles. The zero-order valence-corrected chi connectivity index (χ0v) is 10.6. The minimum Gasteiger partial charge on any atom is -0.461 e. The molecule has 17 heavy (non-hydrogen) atoms. The molecule has 0 aliphatic heterocycles. The molecule has 0 spiro atoms. The lowest BCUT2D eigenvalue weighted by Gasteiger charge is -2.04. The van der Waals surface area contributed by atoms with Gasteiger partial charge in [-0.1, -0.05) is 5.21 Å². The zero-order valence-electron chi connectivity index (χ0n) is 10.6. The third kappa shape index (κ3) is 3.81. The SMILES string of the molecule is CCOCCCn1nnc(C(=O)OCC)c1C. The predicted molar refractivity (Wildman–Crippen MR) is 61.8 cm³/mol. The van der Waals surface area contributed by atoms with E-state index in [1.54, 1.807) is 11.6 Å². The number of carbonyl (C=O) groups is 1. The molecular weight excluding hydrogens is 222 g/mol. The molecule has 96 valence electrons. The molecule has 1 heterocycles. The Morgan fingerprint density at radius 2 is 2.12 bits per heavy atom. The van der Waals surface area contributed by atoms with Gasteiger partial charge in [0.2, 0.25) is 0 Å². The molecule has 6 nitrogen and oxygen atoms in total. The monoisotopic (exact) mass is 241 g/mol. The van der Waals surface area contributed by atoms with Crippen molar-refractivity contribution in [3.05, 3.63) is 11.4 Å². The van der Waals surface area contributed by atoms with Crippen molar-refractivity contribution in [3.63, 3.8) is 0 Å². The number of rotatable bonds is 7. The Hall–Kier alpha value is -1.43. The Labute approximate surface area is 101 Å². The van der Waals surface area contributed by atoms with Crippen molar-refractivity contribution < 1.29 is 14.3 Å². The standard InChI is InChI=1S/C11H19N3O3/c1-4-16-8-6-7-14-9(3)10(12-13-14)11(15)17-5-2/h4-8H2,1-3H3. The van der Waals surface area contributed by atoms with E-state index in [1.807, 2.05) is 13.8 Å². The molecule has 0 radical (unpaired) electrons. The maximum Gasteiger partial charge on any atom is 0.360 e. The number of carbonyl (C=O) groups excluding carboxylic acids is 1. The van der Waals surface area contributed by atoms with Crippen LogP contribution in [0.25, 0.3) is 0 Å². The second-order valence-corrected chi connectivity index (χ2v) is 3.52. The average molecular weight is 241 g/mol. The van der Waals surface area contributed by atoms with E-state index in [1.165, 1.54) is 0 Å². The van der Waals surface area contributed by atoms with Crippen molar-refractivity contribution in [1.82, 2.24) is 15.0 Å². The number of hydrogen-bond acceptors (Lipinski definition) is 5. The summed E-state index contributed by atoms with van der Waals surface area (Å²) in [5, 5.41) is 7.76. The van der Waals surface area contributed by atoms with Crippen LogP contribution < -0.4 is 0 Å². The molecule has 0 N–H and O–H groups in total. The molecule has 0 unspecified atom stereocenters. The van der Waals surface area contributed by atoms with Gasteiger partial charge in [0.1, 0.15) is 0 Å². The Morgan fingerprint density at radius 1 is 1.35 bits per heavy atom. The fourth-order valence-corrected chi connectivity index (χ4v) is 1.42. The lowest BCUT2D eigenvalue weighted by molar-refractivity contribution is 0.0518. The van der Waals surface area contributed by atoms with Crippen molar-refractivity contribution in [2.45, 2.75) is 33.7 Å². The zero-order chi connectivity index (χ0) is 12.7. The van der Waals surface area contributed by atoms with Crippen LogP contribution in [0.4, 0.5) is 0 Å². The van der Waals surface area contributed by atoms with Crippen LogP contribution in [-0.4, -0.2) is 40.8 Å². The Balaban J connectivity index is 2.54. The fraction of sp³-hybridized carbons (Fsp3) is 0.727. The summed E-state index contributed by atoms with van der Waals surface area (Å²) in [6, 6.07) is 0. The van der Waals surface area contributed by atoms with Gasteiger partial charge >= 0.3 is 5.97 Å². The number of aryl methyl sites for hydroxylation is 1. The van der Waals surface area contributed by atoms with E-state index in [0.717, 1.165) is 12.1 Å². The highest BCUT2D eigenvalue weighted by Crippen LogP contribution is 2.06. The van der Waals surface area contributed by atoms with Gasteiger partial charge in [-0.3, -0.25) is 0 Å². The van der Waals surface area contributed by atoms with E-state index in [-0.39, 0.29) is 0 Å². The Morgan fingerprint density at radius 3 is 2.76 bits per heavy atom. The lowest BCUT2D eigenvalue weighted by Crippen LogP contribution is -2.09. The second kappa shape index (κ2) is 7.01. The van der Waals surface area contributed by atoms with Gasteiger partial charge in [0.15, 0.2) is 5.69 Å². The number of nitrogens with zero attached hydrogens (tertiary/aromatic N) is 3. The van der Waals surface area contributed by atoms with Gasteiger partial charge < -0.3 is 9.47 Å². The summed E-state index contributed by atoms with van der Waals surface area (Å²) in [4.78, 5) is 11.5. The smallest absolute Gasteiger partial charge is 0.360 e. The second-order valence-electron chi connectivity index (χ2n) is 3.52. The summed E-state index contributed by atoms with van der Waals surface area (Å²) in [5.74, 6) is -0.416. The van der Waals surface area contributed by atoms with Crippen LogP contribution in [0.2, 0.25) is 0 Å². The molecular formula is C11H19N3O3. The van der Waals surface area contributed by atoms with Gasteiger partial charge in [0, 0.05) is 19.8 Å². The molecule has 0 aromatic carbocycles. The molecule has 0 saturated carbocycles. The molecule has 0 fully saturated rings. The Kier molecular flexibility index (Phi) is 5.62. The molecule has 0 aliphatic carbocycles. The van der Waals surface area contributed by atoms with Crippen molar-refractivity contribution >= 4 is 5.97 Å². The van der Waals surface area contributed by atoms with Crippen molar-refractivity contribution in [3.8, 4) is 0 Å².